The van der Waals surface area contributed by atoms with Crippen molar-refractivity contribution in [2.75, 3.05) is 6.61 Å². The van der Waals surface area contributed by atoms with Crippen LogP contribution in [0.15, 0.2) is 24.3 Å². The second-order valence-electron chi connectivity index (χ2n) is 2.88. The van der Waals surface area contributed by atoms with E-state index in [9.17, 15) is 4.39 Å². The number of ether oxygens (including phenoxy) is 1. The van der Waals surface area contributed by atoms with Crippen molar-refractivity contribution in [3.63, 3.8) is 0 Å². The van der Waals surface area contributed by atoms with Crippen molar-refractivity contribution in [2.45, 2.75) is 12.8 Å². The first-order chi connectivity index (χ1) is 6.68. The van der Waals surface area contributed by atoms with Crippen LogP contribution < -0.4 is 10.5 Å². The lowest BCUT2D eigenvalue weighted by Crippen LogP contribution is -2.09. The summed E-state index contributed by atoms with van der Waals surface area (Å²) >= 11 is 4.71. The van der Waals surface area contributed by atoms with E-state index in [0.717, 1.165) is 6.42 Å². The van der Waals surface area contributed by atoms with Crippen LogP contribution >= 0.6 is 12.2 Å². The molecule has 0 spiro atoms. The Morgan fingerprint density at radius 2 is 2.29 bits per heavy atom. The van der Waals surface area contributed by atoms with Crippen molar-refractivity contribution in [3.8, 4) is 5.75 Å². The molecule has 2 nitrogen and oxygen atoms in total. The van der Waals surface area contributed by atoms with Gasteiger partial charge in [-0.3, -0.25) is 0 Å². The predicted octanol–water partition coefficient (Wildman–Crippen LogP) is 2.27. The summed E-state index contributed by atoms with van der Waals surface area (Å²) in [6.07, 6.45) is 1.41. The van der Waals surface area contributed by atoms with Crippen LogP contribution in [0, 0.1) is 5.82 Å². The highest BCUT2D eigenvalue weighted by Crippen LogP contribution is 2.12. The molecule has 0 aromatic heterocycles. The Labute approximate surface area is 87.9 Å². The van der Waals surface area contributed by atoms with E-state index in [1.807, 2.05) is 0 Å². The van der Waals surface area contributed by atoms with Gasteiger partial charge in [-0.05, 0) is 18.6 Å². The maximum absolute atomic E-state index is 12.7. The molecule has 0 aliphatic rings. The maximum atomic E-state index is 12.7. The Balaban J connectivity index is 2.28. The third-order valence-corrected chi connectivity index (χ3v) is 1.84. The third kappa shape index (κ3) is 4.18. The average molecular weight is 213 g/mol. The van der Waals surface area contributed by atoms with E-state index < -0.39 is 0 Å². The van der Waals surface area contributed by atoms with Crippen LogP contribution in [-0.4, -0.2) is 11.6 Å². The predicted molar refractivity (Wildman–Crippen MR) is 57.9 cm³/mol. The molecule has 14 heavy (non-hydrogen) atoms. The monoisotopic (exact) mass is 213 g/mol. The van der Waals surface area contributed by atoms with Gasteiger partial charge < -0.3 is 10.5 Å². The van der Waals surface area contributed by atoms with E-state index in [0.29, 0.717) is 23.8 Å². The summed E-state index contributed by atoms with van der Waals surface area (Å²) < 4.78 is 18.0. The number of thiocarbonyl (C=S) groups is 1. The molecule has 2 N–H and O–H groups in total. The summed E-state index contributed by atoms with van der Waals surface area (Å²) in [4.78, 5) is 0.479. The molecule has 0 bridgehead atoms. The maximum Gasteiger partial charge on any atom is 0.126 e. The van der Waals surface area contributed by atoms with E-state index in [-0.39, 0.29) is 5.82 Å². The van der Waals surface area contributed by atoms with Gasteiger partial charge in [-0.1, -0.05) is 18.3 Å². The van der Waals surface area contributed by atoms with E-state index >= 15 is 0 Å². The van der Waals surface area contributed by atoms with Gasteiger partial charge in [-0.25, -0.2) is 4.39 Å². The number of halogens is 1. The SMILES string of the molecule is NC(=S)CCCOc1cccc(F)c1. The van der Waals surface area contributed by atoms with Gasteiger partial charge in [-0.15, -0.1) is 0 Å². The Morgan fingerprint density at radius 1 is 1.50 bits per heavy atom. The number of hydrogen-bond acceptors (Lipinski definition) is 2. The summed E-state index contributed by atoms with van der Waals surface area (Å²) in [6, 6.07) is 6.05. The minimum absolute atomic E-state index is 0.295. The van der Waals surface area contributed by atoms with Crippen molar-refractivity contribution < 1.29 is 9.13 Å². The lowest BCUT2D eigenvalue weighted by atomic mass is 10.3. The van der Waals surface area contributed by atoms with Gasteiger partial charge in [0, 0.05) is 12.5 Å². The van der Waals surface area contributed by atoms with Crippen LogP contribution in [0.25, 0.3) is 0 Å². The standard InChI is InChI=1S/C10H12FNOS/c11-8-3-1-4-9(7-8)13-6-2-5-10(12)14/h1,3-4,7H,2,5-6H2,(H2,12,14). The van der Waals surface area contributed by atoms with Gasteiger partial charge in [-0.2, -0.15) is 0 Å². The summed E-state index contributed by atoms with van der Waals surface area (Å²) in [5.74, 6) is 0.241. The van der Waals surface area contributed by atoms with Crippen LogP contribution in [0.3, 0.4) is 0 Å². The first-order valence-corrected chi connectivity index (χ1v) is 4.76. The molecule has 0 unspecified atom stereocenters. The zero-order chi connectivity index (χ0) is 10.4. The topological polar surface area (TPSA) is 35.2 Å². The molecule has 0 fully saturated rings. The molecule has 1 rings (SSSR count). The summed E-state index contributed by atoms with van der Waals surface area (Å²) in [5, 5.41) is 0. The molecule has 76 valence electrons. The minimum atomic E-state index is -0.295. The van der Waals surface area contributed by atoms with Crippen LogP contribution in [-0.2, 0) is 0 Å². The molecule has 0 atom stereocenters. The molecule has 0 aliphatic carbocycles. The third-order valence-electron chi connectivity index (χ3n) is 1.63. The van der Waals surface area contributed by atoms with E-state index in [4.69, 9.17) is 22.7 Å². The molecule has 0 saturated heterocycles. The average Bonchev–Trinajstić information content (AvgIpc) is 2.12. The molecule has 0 amide bonds. The molecular formula is C10H12FNOS. The lowest BCUT2D eigenvalue weighted by Gasteiger charge is -2.05. The number of rotatable bonds is 5. The molecule has 0 heterocycles. The number of hydrogen-bond donors (Lipinski definition) is 1. The summed E-state index contributed by atoms with van der Waals surface area (Å²) in [7, 11) is 0. The van der Waals surface area contributed by atoms with Gasteiger partial charge in [0.15, 0.2) is 0 Å². The molecule has 0 saturated carbocycles. The Morgan fingerprint density at radius 3 is 2.93 bits per heavy atom. The fraction of sp³-hybridized carbons (Fsp3) is 0.300. The van der Waals surface area contributed by atoms with E-state index in [1.54, 1.807) is 12.1 Å². The molecule has 4 heteroatoms. The van der Waals surface area contributed by atoms with E-state index in [1.165, 1.54) is 12.1 Å². The molecule has 0 aliphatic heterocycles. The molecular weight excluding hydrogens is 201 g/mol. The lowest BCUT2D eigenvalue weighted by molar-refractivity contribution is 0.312. The first kappa shape index (κ1) is 10.9. The number of benzene rings is 1. The minimum Gasteiger partial charge on any atom is -0.493 e. The van der Waals surface area contributed by atoms with Gasteiger partial charge in [0.25, 0.3) is 0 Å². The second-order valence-corrected chi connectivity index (χ2v) is 3.40. The van der Waals surface area contributed by atoms with Crippen LogP contribution in [0.1, 0.15) is 12.8 Å². The highest BCUT2D eigenvalue weighted by molar-refractivity contribution is 7.80. The molecule has 0 radical (unpaired) electrons. The zero-order valence-corrected chi connectivity index (χ0v) is 8.52. The fourth-order valence-electron chi connectivity index (χ4n) is 0.993. The highest BCUT2D eigenvalue weighted by Gasteiger charge is 1.96. The smallest absolute Gasteiger partial charge is 0.126 e. The van der Waals surface area contributed by atoms with Crippen molar-refractivity contribution >= 4 is 17.2 Å². The Kier molecular flexibility index (Phi) is 4.32. The Bertz CT molecular complexity index is 317. The second kappa shape index (κ2) is 5.54. The Hall–Kier alpha value is -1.16. The van der Waals surface area contributed by atoms with Crippen molar-refractivity contribution in [3.05, 3.63) is 30.1 Å². The fourth-order valence-corrected chi connectivity index (χ4v) is 1.14. The highest BCUT2D eigenvalue weighted by atomic mass is 32.1. The molecule has 1 aromatic carbocycles. The van der Waals surface area contributed by atoms with Gasteiger partial charge in [0.05, 0.1) is 11.6 Å². The quantitative estimate of drug-likeness (QED) is 0.602. The van der Waals surface area contributed by atoms with Crippen molar-refractivity contribution in [2.24, 2.45) is 5.73 Å². The van der Waals surface area contributed by atoms with Crippen LogP contribution in [0.2, 0.25) is 0 Å². The van der Waals surface area contributed by atoms with E-state index in [2.05, 4.69) is 0 Å². The van der Waals surface area contributed by atoms with Crippen LogP contribution in [0.4, 0.5) is 4.39 Å². The first-order valence-electron chi connectivity index (χ1n) is 4.35. The van der Waals surface area contributed by atoms with Crippen LogP contribution in [0.5, 0.6) is 5.75 Å². The van der Waals surface area contributed by atoms with Gasteiger partial charge in [0.2, 0.25) is 0 Å². The molecule has 1 aromatic rings. The summed E-state index contributed by atoms with van der Waals surface area (Å²) in [5.41, 5.74) is 5.31. The van der Waals surface area contributed by atoms with Crippen molar-refractivity contribution in [1.82, 2.24) is 0 Å². The summed E-state index contributed by atoms with van der Waals surface area (Å²) in [6.45, 7) is 0.501. The number of nitrogens with two attached hydrogens (primary N) is 1. The zero-order valence-electron chi connectivity index (χ0n) is 7.70. The van der Waals surface area contributed by atoms with Crippen molar-refractivity contribution in [1.29, 1.82) is 0 Å². The van der Waals surface area contributed by atoms with Gasteiger partial charge >= 0.3 is 0 Å². The normalized spacial score (nSPS) is 9.79. The largest absolute Gasteiger partial charge is 0.493 e. The van der Waals surface area contributed by atoms with Gasteiger partial charge in [0.1, 0.15) is 11.6 Å².